The maximum atomic E-state index is 12.9. The van der Waals surface area contributed by atoms with Gasteiger partial charge in [-0.15, -0.1) is 24.0 Å². The fourth-order valence-electron chi connectivity index (χ4n) is 2.96. The van der Waals surface area contributed by atoms with Crippen LogP contribution >= 0.6 is 24.0 Å². The Balaban J connectivity index is 0.00000280. The van der Waals surface area contributed by atoms with Gasteiger partial charge >= 0.3 is 6.18 Å². The largest absolute Gasteiger partial charge is 0.416 e. The lowest BCUT2D eigenvalue weighted by atomic mass is 10.1. The minimum Gasteiger partial charge on any atom is -0.368 e. The predicted molar refractivity (Wildman–Crippen MR) is 112 cm³/mol. The molecule has 1 aliphatic heterocycles. The number of nitrogens with one attached hydrogen (secondary N) is 1. The van der Waals surface area contributed by atoms with Gasteiger partial charge in [-0.2, -0.15) is 13.2 Å². The predicted octanol–water partition coefficient (Wildman–Crippen LogP) is 3.60. The molecular weight excluding hydrogens is 486 g/mol. The molecule has 10 heteroatoms. The lowest BCUT2D eigenvalue weighted by Gasteiger charge is -2.37. The minimum atomic E-state index is -4.33. The van der Waals surface area contributed by atoms with Gasteiger partial charge in [-0.1, -0.05) is 11.2 Å². The van der Waals surface area contributed by atoms with Crippen LogP contribution in [0.15, 0.2) is 46.1 Å². The van der Waals surface area contributed by atoms with Crippen molar-refractivity contribution in [1.82, 2.24) is 15.4 Å². The van der Waals surface area contributed by atoms with Crippen molar-refractivity contribution < 1.29 is 17.7 Å². The lowest BCUT2D eigenvalue weighted by Crippen LogP contribution is -2.52. The summed E-state index contributed by atoms with van der Waals surface area (Å²) in [5.74, 6) is 0.768. The second kappa shape index (κ2) is 9.99. The molecule has 0 saturated carbocycles. The third-order valence-corrected chi connectivity index (χ3v) is 4.33. The summed E-state index contributed by atoms with van der Waals surface area (Å²) in [6.45, 7) is 5.70. The van der Waals surface area contributed by atoms with E-state index in [0.29, 0.717) is 38.4 Å². The molecule has 1 aromatic heterocycles. The van der Waals surface area contributed by atoms with Gasteiger partial charge in [0.25, 0.3) is 0 Å². The van der Waals surface area contributed by atoms with Gasteiger partial charge in [-0.25, -0.2) is 4.99 Å². The third-order valence-electron chi connectivity index (χ3n) is 4.33. The molecule has 0 amide bonds. The molecule has 1 fully saturated rings. The number of piperazine rings is 1. The van der Waals surface area contributed by atoms with Crippen molar-refractivity contribution in [3.63, 3.8) is 0 Å². The summed E-state index contributed by atoms with van der Waals surface area (Å²) in [5, 5.41) is 7.09. The highest BCUT2D eigenvalue weighted by atomic mass is 127. The SMILES string of the molecule is CCNC(=NCc1ccon1)N1CCN(c2cccc(C(F)(F)F)c2)CC1.I. The number of benzene rings is 1. The van der Waals surface area contributed by atoms with E-state index in [1.807, 2.05) is 11.8 Å². The summed E-state index contributed by atoms with van der Waals surface area (Å²) >= 11 is 0. The first-order chi connectivity index (χ1) is 13.0. The van der Waals surface area contributed by atoms with Crippen LogP contribution in [0.25, 0.3) is 0 Å². The minimum absolute atomic E-state index is 0. The molecule has 0 atom stereocenters. The van der Waals surface area contributed by atoms with E-state index in [1.54, 1.807) is 12.1 Å². The second-order valence-electron chi connectivity index (χ2n) is 6.18. The Labute approximate surface area is 178 Å². The van der Waals surface area contributed by atoms with Gasteiger partial charge in [-0.3, -0.25) is 0 Å². The van der Waals surface area contributed by atoms with Gasteiger partial charge in [0, 0.05) is 44.5 Å². The number of guanidine groups is 1. The molecule has 1 N–H and O–H groups in total. The average Bonchev–Trinajstić information content (AvgIpc) is 3.18. The number of alkyl halides is 3. The number of hydrogen-bond acceptors (Lipinski definition) is 4. The molecule has 3 rings (SSSR count). The Kier molecular flexibility index (Phi) is 7.96. The molecule has 1 aliphatic rings. The first-order valence-electron chi connectivity index (χ1n) is 8.82. The van der Waals surface area contributed by atoms with E-state index in [-0.39, 0.29) is 24.0 Å². The van der Waals surface area contributed by atoms with Crippen LogP contribution in [-0.4, -0.2) is 48.7 Å². The molecule has 0 spiro atoms. The number of anilines is 1. The fraction of sp³-hybridized carbons (Fsp3) is 0.444. The monoisotopic (exact) mass is 509 g/mol. The maximum absolute atomic E-state index is 12.9. The third kappa shape index (κ3) is 5.76. The Bertz CT molecular complexity index is 759. The quantitative estimate of drug-likeness (QED) is 0.388. The molecule has 1 saturated heterocycles. The summed E-state index contributed by atoms with van der Waals surface area (Å²) in [7, 11) is 0. The van der Waals surface area contributed by atoms with Crippen LogP contribution in [0.4, 0.5) is 18.9 Å². The average molecular weight is 509 g/mol. The fourth-order valence-corrected chi connectivity index (χ4v) is 2.96. The number of halogens is 4. The topological polar surface area (TPSA) is 56.9 Å². The van der Waals surface area contributed by atoms with Gasteiger partial charge in [-0.05, 0) is 25.1 Å². The zero-order chi connectivity index (χ0) is 19.3. The van der Waals surface area contributed by atoms with Crippen LogP contribution in [0.2, 0.25) is 0 Å². The van der Waals surface area contributed by atoms with E-state index in [9.17, 15) is 13.2 Å². The Hall–Kier alpha value is -1.98. The molecule has 1 aromatic carbocycles. The van der Waals surface area contributed by atoms with Crippen molar-refractivity contribution in [2.75, 3.05) is 37.6 Å². The number of nitrogens with zero attached hydrogens (tertiary/aromatic N) is 4. The molecule has 2 aromatic rings. The number of aromatic nitrogens is 1. The molecule has 0 unspecified atom stereocenters. The van der Waals surface area contributed by atoms with Crippen molar-refractivity contribution in [2.24, 2.45) is 4.99 Å². The van der Waals surface area contributed by atoms with Gasteiger partial charge in [0.2, 0.25) is 0 Å². The van der Waals surface area contributed by atoms with Gasteiger partial charge in [0.15, 0.2) is 5.96 Å². The molecule has 28 heavy (non-hydrogen) atoms. The summed E-state index contributed by atoms with van der Waals surface area (Å²) in [6, 6.07) is 7.24. The zero-order valence-corrected chi connectivity index (χ0v) is 17.8. The highest BCUT2D eigenvalue weighted by Crippen LogP contribution is 2.31. The lowest BCUT2D eigenvalue weighted by molar-refractivity contribution is -0.137. The molecular formula is C18H23F3IN5O. The van der Waals surface area contributed by atoms with Crippen molar-refractivity contribution in [2.45, 2.75) is 19.6 Å². The first kappa shape index (κ1) is 22.3. The van der Waals surface area contributed by atoms with Crippen LogP contribution in [-0.2, 0) is 12.7 Å². The van der Waals surface area contributed by atoms with Crippen LogP contribution in [0.3, 0.4) is 0 Å². The maximum Gasteiger partial charge on any atom is 0.416 e. The van der Waals surface area contributed by atoms with Gasteiger partial charge in [0.1, 0.15) is 12.0 Å². The molecule has 6 nitrogen and oxygen atoms in total. The van der Waals surface area contributed by atoms with E-state index >= 15 is 0 Å². The first-order valence-corrected chi connectivity index (χ1v) is 8.82. The van der Waals surface area contributed by atoms with Crippen LogP contribution < -0.4 is 10.2 Å². The molecule has 154 valence electrons. The number of rotatable bonds is 4. The van der Waals surface area contributed by atoms with Crippen molar-refractivity contribution in [3.8, 4) is 0 Å². The molecule has 0 bridgehead atoms. The van der Waals surface area contributed by atoms with E-state index in [4.69, 9.17) is 4.52 Å². The van der Waals surface area contributed by atoms with Gasteiger partial charge in [0.05, 0.1) is 12.1 Å². The number of aliphatic imine (C=N–C) groups is 1. The van der Waals surface area contributed by atoms with Crippen LogP contribution in [0.1, 0.15) is 18.2 Å². The van der Waals surface area contributed by atoms with E-state index in [2.05, 4.69) is 20.4 Å². The normalized spacial score (nSPS) is 15.4. The second-order valence-corrected chi connectivity index (χ2v) is 6.18. The summed E-state index contributed by atoms with van der Waals surface area (Å²) in [5.41, 5.74) is 0.715. The zero-order valence-electron chi connectivity index (χ0n) is 15.4. The van der Waals surface area contributed by atoms with Crippen LogP contribution in [0.5, 0.6) is 0 Å². The smallest absolute Gasteiger partial charge is 0.368 e. The van der Waals surface area contributed by atoms with E-state index in [1.165, 1.54) is 18.4 Å². The van der Waals surface area contributed by atoms with Crippen molar-refractivity contribution >= 4 is 35.6 Å². The van der Waals surface area contributed by atoms with Crippen LogP contribution in [0, 0.1) is 0 Å². The molecule has 0 aliphatic carbocycles. The highest BCUT2D eigenvalue weighted by molar-refractivity contribution is 14.0. The summed E-state index contributed by atoms with van der Waals surface area (Å²) in [6.07, 6.45) is -2.82. The molecule has 2 heterocycles. The standard InChI is InChI=1S/C18H22F3N5O.HI/c1-2-22-17(23-13-15-6-11-27-24-15)26-9-7-25(8-10-26)16-5-3-4-14(12-16)18(19,20)21;/h3-6,11-12H,2,7-10,13H2,1H3,(H,22,23);1H. The Morgan fingerprint density at radius 3 is 2.57 bits per heavy atom. The summed E-state index contributed by atoms with van der Waals surface area (Å²) < 4.78 is 43.6. The number of hydrogen-bond donors (Lipinski definition) is 1. The molecule has 0 radical (unpaired) electrons. The highest BCUT2D eigenvalue weighted by Gasteiger charge is 2.31. The Morgan fingerprint density at radius 2 is 1.96 bits per heavy atom. The van der Waals surface area contributed by atoms with Crippen molar-refractivity contribution in [3.05, 3.63) is 47.9 Å². The van der Waals surface area contributed by atoms with Gasteiger partial charge < -0.3 is 19.6 Å². The van der Waals surface area contributed by atoms with E-state index < -0.39 is 11.7 Å². The van der Waals surface area contributed by atoms with Crippen molar-refractivity contribution in [1.29, 1.82) is 0 Å². The summed E-state index contributed by atoms with van der Waals surface area (Å²) in [4.78, 5) is 8.64. The van der Waals surface area contributed by atoms with E-state index in [0.717, 1.165) is 24.3 Å². The Morgan fingerprint density at radius 1 is 1.21 bits per heavy atom.